The largest absolute Gasteiger partial charge is 0.477 e. The fraction of sp³-hybridized carbons (Fsp3) is 0.0714. The van der Waals surface area contributed by atoms with Crippen LogP contribution in [-0.2, 0) is 4.74 Å². The average Bonchev–Trinajstić information content (AvgIpc) is 2.46. The van der Waals surface area contributed by atoms with Gasteiger partial charge in [-0.2, -0.15) is 0 Å². The number of carboxylic acid groups (broad SMARTS) is 1. The van der Waals surface area contributed by atoms with Gasteiger partial charge in [-0.3, -0.25) is 4.79 Å². The summed E-state index contributed by atoms with van der Waals surface area (Å²) in [6.07, 6.45) is 1.39. The maximum absolute atomic E-state index is 11.5. The molecule has 6 heteroatoms. The lowest BCUT2D eigenvalue weighted by molar-refractivity contribution is 0.0599. The van der Waals surface area contributed by atoms with E-state index in [0.717, 1.165) is 0 Å². The van der Waals surface area contributed by atoms with Crippen molar-refractivity contribution in [3.8, 4) is 11.1 Å². The molecule has 0 atom stereocenters. The Morgan fingerprint density at radius 3 is 2.60 bits per heavy atom. The summed E-state index contributed by atoms with van der Waals surface area (Å²) in [5.41, 5.74) is 0.406. The first kappa shape index (κ1) is 13.5. The van der Waals surface area contributed by atoms with Crippen LogP contribution in [0.3, 0.4) is 0 Å². The molecule has 0 amide bonds. The molecule has 2 aromatic rings. The molecule has 0 bridgehead atoms. The molecule has 2 N–H and O–H groups in total. The summed E-state index contributed by atoms with van der Waals surface area (Å²) in [5, 5.41) is 8.92. The van der Waals surface area contributed by atoms with Crippen molar-refractivity contribution in [2.24, 2.45) is 0 Å². The lowest BCUT2D eigenvalue weighted by Gasteiger charge is -2.05. The van der Waals surface area contributed by atoms with Crippen LogP contribution in [-0.4, -0.2) is 29.1 Å². The maximum Gasteiger partial charge on any atom is 0.341 e. The van der Waals surface area contributed by atoms with E-state index in [1.54, 1.807) is 24.3 Å². The summed E-state index contributed by atoms with van der Waals surface area (Å²) in [6.45, 7) is 0. The highest BCUT2D eigenvalue weighted by Crippen LogP contribution is 2.20. The molecule has 0 saturated heterocycles. The highest BCUT2D eigenvalue weighted by molar-refractivity contribution is 5.92. The molecule has 0 unspecified atom stereocenters. The average molecular weight is 273 g/mol. The van der Waals surface area contributed by atoms with E-state index in [2.05, 4.69) is 9.72 Å². The summed E-state index contributed by atoms with van der Waals surface area (Å²) in [5.74, 6) is -1.80. The van der Waals surface area contributed by atoms with Gasteiger partial charge < -0.3 is 14.8 Å². The van der Waals surface area contributed by atoms with E-state index in [-0.39, 0.29) is 5.56 Å². The summed E-state index contributed by atoms with van der Waals surface area (Å²) in [6, 6.07) is 7.75. The van der Waals surface area contributed by atoms with E-state index in [1.807, 2.05) is 0 Å². The Hall–Kier alpha value is -2.89. The highest BCUT2D eigenvalue weighted by Gasteiger charge is 2.12. The van der Waals surface area contributed by atoms with Crippen molar-refractivity contribution in [2.75, 3.05) is 7.11 Å². The monoisotopic (exact) mass is 273 g/mol. The molecule has 0 radical (unpaired) electrons. The molecule has 1 heterocycles. The van der Waals surface area contributed by atoms with Crippen LogP contribution >= 0.6 is 0 Å². The van der Waals surface area contributed by atoms with Gasteiger partial charge in [0.15, 0.2) is 0 Å². The lowest BCUT2D eigenvalue weighted by atomic mass is 10.0. The number of esters is 1. The molecule has 2 rings (SSSR count). The molecule has 0 aliphatic rings. The smallest absolute Gasteiger partial charge is 0.341 e. The van der Waals surface area contributed by atoms with Gasteiger partial charge >= 0.3 is 11.9 Å². The van der Waals surface area contributed by atoms with Gasteiger partial charge in [0.25, 0.3) is 5.56 Å². The third kappa shape index (κ3) is 2.59. The molecule has 0 aliphatic carbocycles. The van der Waals surface area contributed by atoms with E-state index in [1.165, 1.54) is 19.4 Å². The summed E-state index contributed by atoms with van der Waals surface area (Å²) in [7, 11) is 1.28. The van der Waals surface area contributed by atoms with Crippen molar-refractivity contribution in [3.63, 3.8) is 0 Å². The first-order chi connectivity index (χ1) is 9.52. The second-order valence-corrected chi connectivity index (χ2v) is 4.01. The molecule has 6 nitrogen and oxygen atoms in total. The van der Waals surface area contributed by atoms with Gasteiger partial charge in [0.05, 0.1) is 12.7 Å². The van der Waals surface area contributed by atoms with Crippen LogP contribution in [0.15, 0.2) is 41.3 Å². The van der Waals surface area contributed by atoms with E-state index in [9.17, 15) is 14.4 Å². The van der Waals surface area contributed by atoms with Gasteiger partial charge in [-0.25, -0.2) is 9.59 Å². The van der Waals surface area contributed by atoms with Gasteiger partial charge in [-0.1, -0.05) is 12.1 Å². The minimum Gasteiger partial charge on any atom is -0.477 e. The van der Waals surface area contributed by atoms with Crippen molar-refractivity contribution >= 4 is 11.9 Å². The van der Waals surface area contributed by atoms with Crippen LogP contribution in [0.2, 0.25) is 0 Å². The third-order valence-corrected chi connectivity index (χ3v) is 2.75. The molecule has 20 heavy (non-hydrogen) atoms. The third-order valence-electron chi connectivity index (χ3n) is 2.75. The van der Waals surface area contributed by atoms with E-state index >= 15 is 0 Å². The maximum atomic E-state index is 11.5. The second kappa shape index (κ2) is 5.40. The number of aromatic amines is 1. The Morgan fingerprint density at radius 1 is 1.20 bits per heavy atom. The number of benzene rings is 1. The SMILES string of the molecule is COC(=O)c1cccc(-c2c[nH]c(=O)c(C(=O)O)c2)c1. The number of aromatic nitrogens is 1. The Balaban J connectivity index is 2.52. The molecule has 1 aromatic heterocycles. The number of hydrogen-bond donors (Lipinski definition) is 2. The van der Waals surface area contributed by atoms with Gasteiger partial charge in [0.2, 0.25) is 0 Å². The van der Waals surface area contributed by atoms with E-state index < -0.39 is 17.5 Å². The van der Waals surface area contributed by atoms with Gasteiger partial charge in [-0.15, -0.1) is 0 Å². The van der Waals surface area contributed by atoms with Crippen LogP contribution < -0.4 is 5.56 Å². The molecule has 102 valence electrons. The van der Waals surface area contributed by atoms with Gasteiger partial charge in [-0.05, 0) is 29.3 Å². The Kier molecular flexibility index (Phi) is 3.65. The number of carbonyl (C=O) groups is 2. The molecule has 0 fully saturated rings. The number of H-pyrrole nitrogens is 1. The number of rotatable bonds is 3. The van der Waals surface area contributed by atoms with Crippen LogP contribution in [0.25, 0.3) is 11.1 Å². The lowest BCUT2D eigenvalue weighted by Crippen LogP contribution is -2.16. The zero-order valence-electron chi connectivity index (χ0n) is 10.5. The number of hydrogen-bond acceptors (Lipinski definition) is 4. The van der Waals surface area contributed by atoms with Crippen LogP contribution in [0.1, 0.15) is 20.7 Å². The Morgan fingerprint density at radius 2 is 1.95 bits per heavy atom. The van der Waals surface area contributed by atoms with Crippen molar-refractivity contribution in [1.29, 1.82) is 0 Å². The molecule has 0 spiro atoms. The van der Waals surface area contributed by atoms with Crippen molar-refractivity contribution < 1.29 is 19.4 Å². The quantitative estimate of drug-likeness (QED) is 0.826. The molecular formula is C14H11NO5. The van der Waals surface area contributed by atoms with Crippen LogP contribution in [0.5, 0.6) is 0 Å². The number of pyridine rings is 1. The minimum absolute atomic E-state index is 0.341. The second-order valence-electron chi connectivity index (χ2n) is 4.01. The van der Waals surface area contributed by atoms with Crippen LogP contribution in [0.4, 0.5) is 0 Å². The summed E-state index contributed by atoms with van der Waals surface area (Å²) >= 11 is 0. The molecule has 1 aromatic carbocycles. The predicted molar refractivity (Wildman–Crippen MR) is 70.8 cm³/mol. The zero-order valence-corrected chi connectivity index (χ0v) is 10.5. The summed E-state index contributed by atoms with van der Waals surface area (Å²) < 4.78 is 4.62. The molecule has 0 aliphatic heterocycles. The van der Waals surface area contributed by atoms with Crippen molar-refractivity contribution in [3.05, 3.63) is 58.0 Å². The van der Waals surface area contributed by atoms with E-state index in [4.69, 9.17) is 5.11 Å². The first-order valence-corrected chi connectivity index (χ1v) is 5.67. The Bertz CT molecular complexity index is 732. The number of aromatic carboxylic acids is 1. The number of carbonyl (C=O) groups excluding carboxylic acids is 1. The molecular weight excluding hydrogens is 262 g/mol. The van der Waals surface area contributed by atoms with Crippen molar-refractivity contribution in [2.45, 2.75) is 0 Å². The number of methoxy groups -OCH3 is 1. The number of ether oxygens (including phenoxy) is 1. The Labute approximate surface area is 113 Å². The fourth-order valence-corrected chi connectivity index (χ4v) is 1.75. The topological polar surface area (TPSA) is 96.5 Å². The summed E-state index contributed by atoms with van der Waals surface area (Å²) in [4.78, 5) is 36.1. The zero-order chi connectivity index (χ0) is 14.7. The van der Waals surface area contributed by atoms with E-state index in [0.29, 0.717) is 16.7 Å². The molecule has 0 saturated carbocycles. The fourth-order valence-electron chi connectivity index (χ4n) is 1.75. The first-order valence-electron chi connectivity index (χ1n) is 5.67. The van der Waals surface area contributed by atoms with Crippen molar-refractivity contribution in [1.82, 2.24) is 4.98 Å². The predicted octanol–water partition coefficient (Wildman–Crippen LogP) is 1.53. The number of carboxylic acids is 1. The minimum atomic E-state index is -1.31. The van der Waals surface area contributed by atoms with Crippen LogP contribution in [0, 0.1) is 0 Å². The highest BCUT2D eigenvalue weighted by atomic mass is 16.5. The number of nitrogens with one attached hydrogen (secondary N) is 1. The van der Waals surface area contributed by atoms with Gasteiger partial charge in [0, 0.05) is 6.20 Å². The normalized spacial score (nSPS) is 10.1. The standard InChI is InChI=1S/C14H11NO5/c1-20-14(19)9-4-2-3-8(5-9)10-6-11(13(17)18)12(16)15-7-10/h2-7H,1H3,(H,15,16)(H,17,18). The van der Waals surface area contributed by atoms with Gasteiger partial charge in [0.1, 0.15) is 5.56 Å².